The standard InChI is InChI=1S/C37H43N3O10/c41-14-13-38-33(43)25-3-1-2-24(18-25)20-39-35(45)36-19-28-29-30(49-37(48-29,26-8-9-26)27-10-11-27)32(36)50-40(31(36)34(44)47-28)21-23-6-4-22(5-7-23)12-16-46-17-15-42/h1-7,12,16,18,26-32,41-42H,8-11,13-15,17,19-21H2,(H,38,43)(H,39,45). The molecule has 50 heavy (non-hydrogen) atoms. The highest BCUT2D eigenvalue weighted by Crippen LogP contribution is 2.63. The van der Waals surface area contributed by atoms with E-state index in [0.29, 0.717) is 11.1 Å². The highest BCUT2D eigenvalue weighted by atomic mass is 16.8. The number of hydrogen-bond donors (Lipinski definition) is 4. The number of carbonyl (C=O) groups excluding carboxylic acids is 3. The molecule has 0 radical (unpaired) electrons. The number of nitrogens with one attached hydrogen (secondary N) is 2. The second-order valence-corrected chi connectivity index (χ2v) is 14.2. The number of carbonyl (C=O) groups is 3. The number of rotatable bonds is 14. The Labute approximate surface area is 289 Å². The number of aliphatic hydroxyl groups excluding tert-OH is 2. The average molecular weight is 690 g/mol. The third kappa shape index (κ3) is 5.89. The van der Waals surface area contributed by atoms with Gasteiger partial charge in [0.2, 0.25) is 5.91 Å². The van der Waals surface area contributed by atoms with E-state index in [1.54, 1.807) is 29.3 Å². The molecule has 3 aliphatic heterocycles. The predicted octanol–water partition coefficient (Wildman–Crippen LogP) is 1.80. The molecule has 2 aromatic rings. The third-order valence-corrected chi connectivity index (χ3v) is 10.8. The molecule has 0 spiro atoms. The van der Waals surface area contributed by atoms with Crippen LogP contribution < -0.4 is 10.6 Å². The first kappa shape index (κ1) is 33.3. The van der Waals surface area contributed by atoms with Crippen LogP contribution in [0, 0.1) is 17.3 Å². The summed E-state index contributed by atoms with van der Waals surface area (Å²) in [7, 11) is 0. The van der Waals surface area contributed by atoms with Crippen LogP contribution in [0.1, 0.15) is 59.2 Å². The molecule has 3 saturated heterocycles. The van der Waals surface area contributed by atoms with E-state index in [1.807, 2.05) is 30.3 Å². The Hall–Kier alpha value is -3.85. The van der Waals surface area contributed by atoms with Crippen LogP contribution in [0.4, 0.5) is 0 Å². The summed E-state index contributed by atoms with van der Waals surface area (Å²) in [5.41, 5.74) is 1.56. The Bertz CT molecular complexity index is 1630. The number of benzene rings is 2. The molecule has 3 saturated carbocycles. The lowest BCUT2D eigenvalue weighted by molar-refractivity contribution is -0.235. The minimum Gasteiger partial charge on any atom is -0.499 e. The van der Waals surface area contributed by atoms with Crippen molar-refractivity contribution in [2.24, 2.45) is 17.3 Å². The number of hydroxylamine groups is 2. The van der Waals surface area contributed by atoms with Crippen LogP contribution in [0.2, 0.25) is 0 Å². The van der Waals surface area contributed by atoms with Crippen molar-refractivity contribution in [2.75, 3.05) is 26.4 Å². The highest BCUT2D eigenvalue weighted by Gasteiger charge is 2.78. The first-order valence-electron chi connectivity index (χ1n) is 17.6. The van der Waals surface area contributed by atoms with Gasteiger partial charge in [0.1, 0.15) is 36.4 Å². The molecule has 6 fully saturated rings. The zero-order valence-electron chi connectivity index (χ0n) is 27.7. The van der Waals surface area contributed by atoms with Crippen LogP contribution in [0.5, 0.6) is 0 Å². The molecule has 6 unspecified atom stereocenters. The topological polar surface area (TPSA) is 165 Å². The van der Waals surface area contributed by atoms with E-state index in [0.717, 1.165) is 36.8 Å². The van der Waals surface area contributed by atoms with Gasteiger partial charge in [0.15, 0.2) is 11.8 Å². The molecule has 13 heteroatoms. The Morgan fingerprint density at radius 2 is 1.72 bits per heavy atom. The van der Waals surface area contributed by atoms with Gasteiger partial charge in [-0.2, -0.15) is 5.06 Å². The maximum absolute atomic E-state index is 14.6. The Morgan fingerprint density at radius 1 is 0.960 bits per heavy atom. The fourth-order valence-corrected chi connectivity index (χ4v) is 8.27. The highest BCUT2D eigenvalue weighted by molar-refractivity contribution is 5.95. The third-order valence-electron chi connectivity index (χ3n) is 10.8. The molecule has 0 aromatic heterocycles. The maximum Gasteiger partial charge on any atom is 0.327 e. The first-order chi connectivity index (χ1) is 24.4. The fraction of sp³-hybridized carbons (Fsp3) is 0.541. The van der Waals surface area contributed by atoms with Crippen LogP contribution in [0.25, 0.3) is 6.08 Å². The molecule has 13 nitrogen and oxygen atoms in total. The molecule has 266 valence electrons. The molecular formula is C37H43N3O10. The van der Waals surface area contributed by atoms with E-state index >= 15 is 0 Å². The Balaban J connectivity index is 1.07. The summed E-state index contributed by atoms with van der Waals surface area (Å²) in [6.07, 6.45) is 5.02. The summed E-state index contributed by atoms with van der Waals surface area (Å²) in [4.78, 5) is 47.9. The molecular weight excluding hydrogens is 646 g/mol. The molecule has 6 aliphatic rings. The van der Waals surface area contributed by atoms with Crippen LogP contribution in [0.15, 0.2) is 54.8 Å². The average Bonchev–Trinajstić information content (AvgIpc) is 4.08. The molecule has 2 bridgehead atoms. The van der Waals surface area contributed by atoms with Gasteiger partial charge >= 0.3 is 5.97 Å². The molecule has 4 N–H and O–H groups in total. The van der Waals surface area contributed by atoms with Crippen LogP contribution >= 0.6 is 0 Å². The van der Waals surface area contributed by atoms with Crippen LogP contribution in [0.3, 0.4) is 0 Å². The number of fused-ring (bicyclic) bond motifs is 4. The number of ether oxygens (including phenoxy) is 4. The van der Waals surface area contributed by atoms with E-state index in [2.05, 4.69) is 10.6 Å². The van der Waals surface area contributed by atoms with Crippen molar-refractivity contribution >= 4 is 23.9 Å². The van der Waals surface area contributed by atoms with Crippen molar-refractivity contribution in [3.63, 3.8) is 0 Å². The lowest BCUT2D eigenvalue weighted by atomic mass is 9.62. The second-order valence-electron chi connectivity index (χ2n) is 14.2. The number of hydrogen-bond acceptors (Lipinski definition) is 11. The van der Waals surface area contributed by atoms with Gasteiger partial charge in [-0.05, 0) is 60.6 Å². The summed E-state index contributed by atoms with van der Waals surface area (Å²) >= 11 is 0. The van der Waals surface area contributed by atoms with E-state index in [-0.39, 0.29) is 69.5 Å². The minimum absolute atomic E-state index is 0.0665. The summed E-state index contributed by atoms with van der Waals surface area (Å²) in [6.45, 7) is 0.458. The van der Waals surface area contributed by atoms with Crippen molar-refractivity contribution in [1.29, 1.82) is 0 Å². The molecule has 2 aromatic carbocycles. The van der Waals surface area contributed by atoms with Crippen LogP contribution in [-0.4, -0.2) is 95.7 Å². The van der Waals surface area contributed by atoms with Crippen molar-refractivity contribution in [3.05, 3.63) is 77.0 Å². The van der Waals surface area contributed by atoms with Gasteiger partial charge in [-0.1, -0.05) is 36.4 Å². The second kappa shape index (κ2) is 13.4. The van der Waals surface area contributed by atoms with Crippen molar-refractivity contribution in [2.45, 2.75) is 81.4 Å². The van der Waals surface area contributed by atoms with Gasteiger partial charge in [0.25, 0.3) is 5.91 Å². The predicted molar refractivity (Wildman–Crippen MR) is 175 cm³/mol. The SMILES string of the molecule is O=C(NCCO)c1cccc(CNC(=O)C23CC4OC(=O)C2N(Cc2ccc(C=COCCO)cc2)OC3C2OC(C3CC3)(C3CC3)OC42)c1. The largest absolute Gasteiger partial charge is 0.499 e. The molecule has 2 amide bonds. The molecule has 3 heterocycles. The summed E-state index contributed by atoms with van der Waals surface area (Å²) in [5, 5.41) is 25.3. The number of aliphatic hydroxyl groups is 2. The van der Waals surface area contributed by atoms with Gasteiger partial charge in [-0.3, -0.25) is 19.2 Å². The van der Waals surface area contributed by atoms with Crippen molar-refractivity contribution < 1.29 is 48.4 Å². The Kier molecular flexibility index (Phi) is 8.90. The zero-order valence-corrected chi connectivity index (χ0v) is 27.7. The van der Waals surface area contributed by atoms with E-state index < -0.39 is 47.6 Å². The first-order valence-corrected chi connectivity index (χ1v) is 17.6. The smallest absolute Gasteiger partial charge is 0.327 e. The monoisotopic (exact) mass is 689 g/mol. The lowest BCUT2D eigenvalue weighted by Crippen LogP contribution is -2.69. The summed E-state index contributed by atoms with van der Waals surface area (Å²) in [6, 6.07) is 13.6. The van der Waals surface area contributed by atoms with Gasteiger partial charge < -0.3 is 39.8 Å². The Morgan fingerprint density at radius 3 is 2.44 bits per heavy atom. The van der Waals surface area contributed by atoms with Gasteiger partial charge in [0.05, 0.1) is 26.0 Å². The quantitative estimate of drug-likeness (QED) is 0.130. The number of amides is 2. The molecule has 8 rings (SSSR count). The van der Waals surface area contributed by atoms with E-state index in [4.69, 9.17) is 34.0 Å². The van der Waals surface area contributed by atoms with Crippen LogP contribution in [-0.2, 0) is 46.5 Å². The van der Waals surface area contributed by atoms with E-state index in [1.165, 1.54) is 6.26 Å². The summed E-state index contributed by atoms with van der Waals surface area (Å²) in [5.74, 6) is -1.39. The molecule has 6 atom stereocenters. The van der Waals surface area contributed by atoms with Crippen molar-refractivity contribution in [1.82, 2.24) is 15.7 Å². The van der Waals surface area contributed by atoms with Crippen molar-refractivity contribution in [3.8, 4) is 0 Å². The maximum atomic E-state index is 14.6. The number of esters is 1. The molecule has 3 aliphatic carbocycles. The lowest BCUT2D eigenvalue weighted by Gasteiger charge is -2.48. The zero-order chi connectivity index (χ0) is 34.5. The van der Waals surface area contributed by atoms with Gasteiger partial charge in [-0.15, -0.1) is 0 Å². The van der Waals surface area contributed by atoms with Gasteiger partial charge in [-0.25, -0.2) is 0 Å². The fourth-order valence-electron chi connectivity index (χ4n) is 8.27. The normalized spacial score (nSPS) is 30.9. The minimum atomic E-state index is -1.31. The van der Waals surface area contributed by atoms with Gasteiger partial charge in [0, 0.05) is 36.9 Å². The van der Waals surface area contributed by atoms with E-state index in [9.17, 15) is 14.4 Å². The summed E-state index contributed by atoms with van der Waals surface area (Å²) < 4.78 is 25.1. The number of nitrogens with zero attached hydrogens (tertiary/aromatic N) is 1.